The second kappa shape index (κ2) is 7.64. The molecule has 2 aliphatic rings. The summed E-state index contributed by atoms with van der Waals surface area (Å²) in [5.74, 6) is 0. The highest BCUT2D eigenvalue weighted by molar-refractivity contribution is 4.89. The number of likely N-dealkylation sites (tertiary alicyclic amines) is 1. The molecule has 0 aromatic rings. The Morgan fingerprint density at radius 1 is 1.11 bits per heavy atom. The second-order valence-electron chi connectivity index (χ2n) is 7.05. The van der Waals surface area contributed by atoms with Crippen LogP contribution in [-0.4, -0.2) is 37.1 Å². The highest BCUT2D eigenvalue weighted by Gasteiger charge is 2.36. The van der Waals surface area contributed by atoms with Crippen LogP contribution < -0.4 is 5.32 Å². The van der Waals surface area contributed by atoms with Crippen LogP contribution in [0.1, 0.15) is 71.6 Å². The van der Waals surface area contributed by atoms with Gasteiger partial charge in [-0.15, -0.1) is 0 Å². The van der Waals surface area contributed by atoms with Crippen LogP contribution in [0.4, 0.5) is 0 Å². The van der Waals surface area contributed by atoms with E-state index in [1.807, 2.05) is 0 Å². The number of hydrogen-bond acceptors (Lipinski definition) is 2. The summed E-state index contributed by atoms with van der Waals surface area (Å²) in [4.78, 5) is 2.72. The number of piperidine rings is 1. The standard InChI is InChI=1S/C17H34N2/c1-3-12-18-16(2)7-6-13-19-14-10-17(11-15-19)8-4-5-9-17/h16,18H,3-15H2,1-2H3. The van der Waals surface area contributed by atoms with Gasteiger partial charge in [0.25, 0.3) is 0 Å². The molecule has 1 atom stereocenters. The molecular formula is C17H34N2. The van der Waals surface area contributed by atoms with Crippen molar-refractivity contribution in [2.75, 3.05) is 26.2 Å². The van der Waals surface area contributed by atoms with Crippen LogP contribution in [0.5, 0.6) is 0 Å². The van der Waals surface area contributed by atoms with Crippen LogP contribution >= 0.6 is 0 Å². The molecule has 1 saturated heterocycles. The summed E-state index contributed by atoms with van der Waals surface area (Å²) in [7, 11) is 0. The van der Waals surface area contributed by atoms with Crippen molar-refractivity contribution in [1.82, 2.24) is 10.2 Å². The van der Waals surface area contributed by atoms with E-state index in [0.29, 0.717) is 6.04 Å². The zero-order valence-corrected chi connectivity index (χ0v) is 13.2. The van der Waals surface area contributed by atoms with Gasteiger partial charge in [0.05, 0.1) is 0 Å². The highest BCUT2D eigenvalue weighted by Crippen LogP contribution is 2.46. The zero-order chi connectivity index (χ0) is 13.6. The van der Waals surface area contributed by atoms with E-state index in [4.69, 9.17) is 0 Å². The van der Waals surface area contributed by atoms with Crippen molar-refractivity contribution in [3.63, 3.8) is 0 Å². The van der Waals surface area contributed by atoms with Crippen LogP contribution in [-0.2, 0) is 0 Å². The molecule has 0 bridgehead atoms. The SMILES string of the molecule is CCCNC(C)CCCN1CCC2(CCCC2)CC1. The van der Waals surface area contributed by atoms with E-state index in [1.165, 1.54) is 84.0 Å². The van der Waals surface area contributed by atoms with Crippen LogP contribution in [0.15, 0.2) is 0 Å². The molecule has 1 saturated carbocycles. The summed E-state index contributed by atoms with van der Waals surface area (Å²) >= 11 is 0. The minimum Gasteiger partial charge on any atom is -0.314 e. The molecule has 2 nitrogen and oxygen atoms in total. The molecule has 1 N–H and O–H groups in total. The normalized spacial score (nSPS) is 24.9. The van der Waals surface area contributed by atoms with Crippen molar-refractivity contribution < 1.29 is 0 Å². The third-order valence-corrected chi connectivity index (χ3v) is 5.44. The molecule has 19 heavy (non-hydrogen) atoms. The summed E-state index contributed by atoms with van der Waals surface area (Å²) in [5.41, 5.74) is 0.784. The molecule has 1 aliphatic heterocycles. The molecule has 0 aromatic heterocycles. The Bertz CT molecular complexity index is 236. The predicted octanol–water partition coefficient (Wildman–Crippen LogP) is 3.81. The number of nitrogens with zero attached hydrogens (tertiary/aromatic N) is 1. The van der Waals surface area contributed by atoms with E-state index >= 15 is 0 Å². The van der Waals surface area contributed by atoms with E-state index in [1.54, 1.807) is 0 Å². The maximum Gasteiger partial charge on any atom is 0.00391 e. The molecular weight excluding hydrogens is 232 g/mol. The summed E-state index contributed by atoms with van der Waals surface area (Å²) in [6.45, 7) is 9.82. The topological polar surface area (TPSA) is 15.3 Å². The molecule has 0 amide bonds. The van der Waals surface area contributed by atoms with Gasteiger partial charge in [-0.2, -0.15) is 0 Å². The summed E-state index contributed by atoms with van der Waals surface area (Å²) < 4.78 is 0. The average molecular weight is 266 g/mol. The van der Waals surface area contributed by atoms with Gasteiger partial charge in [0.1, 0.15) is 0 Å². The highest BCUT2D eigenvalue weighted by atomic mass is 15.1. The van der Waals surface area contributed by atoms with Gasteiger partial charge >= 0.3 is 0 Å². The fraction of sp³-hybridized carbons (Fsp3) is 1.00. The van der Waals surface area contributed by atoms with E-state index in [0.717, 1.165) is 5.41 Å². The lowest BCUT2D eigenvalue weighted by Gasteiger charge is -2.39. The Morgan fingerprint density at radius 2 is 1.79 bits per heavy atom. The van der Waals surface area contributed by atoms with E-state index in [-0.39, 0.29) is 0 Å². The lowest BCUT2D eigenvalue weighted by Crippen LogP contribution is -2.39. The molecule has 0 aromatic carbocycles. The van der Waals surface area contributed by atoms with Gasteiger partial charge in [-0.25, -0.2) is 0 Å². The largest absolute Gasteiger partial charge is 0.314 e. The Morgan fingerprint density at radius 3 is 2.42 bits per heavy atom. The van der Waals surface area contributed by atoms with E-state index < -0.39 is 0 Å². The lowest BCUT2D eigenvalue weighted by molar-refractivity contribution is 0.107. The molecule has 112 valence electrons. The number of hydrogen-bond donors (Lipinski definition) is 1. The average Bonchev–Trinajstić information content (AvgIpc) is 2.87. The van der Waals surface area contributed by atoms with Crippen LogP contribution in [0.2, 0.25) is 0 Å². The molecule has 1 spiro atoms. The Labute approximate surface area is 120 Å². The third-order valence-electron chi connectivity index (χ3n) is 5.44. The third kappa shape index (κ3) is 4.75. The van der Waals surface area contributed by atoms with Crippen molar-refractivity contribution in [3.05, 3.63) is 0 Å². The van der Waals surface area contributed by atoms with Gasteiger partial charge in [-0.05, 0) is 83.5 Å². The van der Waals surface area contributed by atoms with Gasteiger partial charge in [0, 0.05) is 6.04 Å². The Hall–Kier alpha value is -0.0800. The number of nitrogens with one attached hydrogen (secondary N) is 1. The maximum atomic E-state index is 3.59. The molecule has 2 heteroatoms. The van der Waals surface area contributed by atoms with Gasteiger partial charge in [-0.3, -0.25) is 0 Å². The van der Waals surface area contributed by atoms with Crippen molar-refractivity contribution in [1.29, 1.82) is 0 Å². The fourth-order valence-electron chi connectivity index (χ4n) is 3.99. The van der Waals surface area contributed by atoms with E-state index in [2.05, 4.69) is 24.1 Å². The zero-order valence-electron chi connectivity index (χ0n) is 13.2. The van der Waals surface area contributed by atoms with Crippen LogP contribution in [0.25, 0.3) is 0 Å². The first-order valence-electron chi connectivity index (χ1n) is 8.70. The molecule has 0 radical (unpaired) electrons. The fourth-order valence-corrected chi connectivity index (χ4v) is 3.99. The molecule has 2 fully saturated rings. The van der Waals surface area contributed by atoms with E-state index in [9.17, 15) is 0 Å². The van der Waals surface area contributed by atoms with Gasteiger partial charge in [0.15, 0.2) is 0 Å². The molecule has 1 aliphatic carbocycles. The minimum absolute atomic E-state index is 0.700. The van der Waals surface area contributed by atoms with Gasteiger partial charge in [0.2, 0.25) is 0 Å². The maximum absolute atomic E-state index is 3.59. The number of rotatable bonds is 7. The first-order chi connectivity index (χ1) is 9.24. The van der Waals surface area contributed by atoms with Crippen molar-refractivity contribution in [3.8, 4) is 0 Å². The molecule has 1 unspecified atom stereocenters. The first-order valence-corrected chi connectivity index (χ1v) is 8.70. The molecule has 1 heterocycles. The summed E-state index contributed by atoms with van der Waals surface area (Å²) in [6.07, 6.45) is 13.0. The molecule has 2 rings (SSSR count). The Balaban J connectivity index is 1.55. The van der Waals surface area contributed by atoms with Gasteiger partial charge in [-0.1, -0.05) is 19.8 Å². The van der Waals surface area contributed by atoms with Crippen molar-refractivity contribution in [2.24, 2.45) is 5.41 Å². The first kappa shape index (κ1) is 15.3. The predicted molar refractivity (Wildman–Crippen MR) is 83.6 cm³/mol. The van der Waals surface area contributed by atoms with Crippen LogP contribution in [0.3, 0.4) is 0 Å². The van der Waals surface area contributed by atoms with Crippen LogP contribution in [0, 0.1) is 5.41 Å². The minimum atomic E-state index is 0.700. The van der Waals surface area contributed by atoms with Gasteiger partial charge < -0.3 is 10.2 Å². The monoisotopic (exact) mass is 266 g/mol. The smallest absolute Gasteiger partial charge is 0.00391 e. The van der Waals surface area contributed by atoms with Crippen molar-refractivity contribution >= 4 is 0 Å². The van der Waals surface area contributed by atoms with Crippen molar-refractivity contribution in [2.45, 2.75) is 77.7 Å². The lowest BCUT2D eigenvalue weighted by atomic mass is 9.77. The summed E-state index contributed by atoms with van der Waals surface area (Å²) in [6, 6.07) is 0.700. The second-order valence-corrected chi connectivity index (χ2v) is 7.05. The summed E-state index contributed by atoms with van der Waals surface area (Å²) in [5, 5.41) is 3.59. The Kier molecular flexibility index (Phi) is 6.15. The quantitative estimate of drug-likeness (QED) is 0.754.